The molecule has 0 bridgehead atoms. The zero-order valence-electron chi connectivity index (χ0n) is 11.2. The standard InChI is InChI=1S/C20H14/c1-2-7-19-15(4-1)10-18-11-16-8-13-5-3-6-14(13)9-17(16)12-20(18)19/h1-4,6-9,11-12H,5,10H2. The minimum Gasteiger partial charge on any atom is -0.0795 e. The summed E-state index contributed by atoms with van der Waals surface area (Å²) in [6.45, 7) is 0. The van der Waals surface area contributed by atoms with Crippen molar-refractivity contribution in [3.05, 3.63) is 76.9 Å². The van der Waals surface area contributed by atoms with Gasteiger partial charge in [-0.05, 0) is 69.1 Å². The molecule has 0 saturated carbocycles. The number of allylic oxidation sites excluding steroid dienone is 1. The first kappa shape index (κ1) is 10.4. The van der Waals surface area contributed by atoms with Crippen molar-refractivity contribution in [3.63, 3.8) is 0 Å². The Labute approximate surface area is 118 Å². The molecule has 0 heteroatoms. The van der Waals surface area contributed by atoms with Crippen LogP contribution >= 0.6 is 0 Å². The fourth-order valence-electron chi connectivity index (χ4n) is 3.65. The third-order valence-corrected chi connectivity index (χ3v) is 4.64. The van der Waals surface area contributed by atoms with Gasteiger partial charge in [0, 0.05) is 0 Å². The summed E-state index contributed by atoms with van der Waals surface area (Å²) >= 11 is 0. The first-order valence-corrected chi connectivity index (χ1v) is 7.23. The maximum absolute atomic E-state index is 2.39. The molecule has 2 aliphatic rings. The van der Waals surface area contributed by atoms with E-state index in [0.717, 1.165) is 12.8 Å². The van der Waals surface area contributed by atoms with Crippen molar-refractivity contribution < 1.29 is 0 Å². The summed E-state index contributed by atoms with van der Waals surface area (Å²) in [6.07, 6.45) is 6.67. The second kappa shape index (κ2) is 3.61. The molecule has 0 nitrogen and oxygen atoms in total. The van der Waals surface area contributed by atoms with Crippen LogP contribution in [0.2, 0.25) is 0 Å². The normalized spacial score (nSPS) is 14.4. The molecule has 0 radical (unpaired) electrons. The molecular formula is C20H14. The van der Waals surface area contributed by atoms with Crippen LogP contribution in [0.1, 0.15) is 22.3 Å². The SMILES string of the molecule is C1=Cc2cc3cc4c(cc3cc2C1)Cc1ccccc1-4. The molecule has 0 saturated heterocycles. The monoisotopic (exact) mass is 254 g/mol. The van der Waals surface area contributed by atoms with Gasteiger partial charge in [-0.1, -0.05) is 48.6 Å². The van der Waals surface area contributed by atoms with Gasteiger partial charge in [0.15, 0.2) is 0 Å². The molecule has 2 aliphatic carbocycles. The van der Waals surface area contributed by atoms with Gasteiger partial charge in [0.1, 0.15) is 0 Å². The van der Waals surface area contributed by atoms with Gasteiger partial charge in [-0.3, -0.25) is 0 Å². The first-order valence-electron chi connectivity index (χ1n) is 7.23. The van der Waals surface area contributed by atoms with Crippen LogP contribution in [-0.2, 0) is 12.8 Å². The van der Waals surface area contributed by atoms with Crippen LogP contribution < -0.4 is 0 Å². The molecule has 3 aromatic rings. The minimum atomic E-state index is 1.08. The van der Waals surface area contributed by atoms with Crippen LogP contribution in [0.15, 0.2) is 54.6 Å². The lowest BCUT2D eigenvalue weighted by Gasteiger charge is -2.07. The lowest BCUT2D eigenvalue weighted by molar-refractivity contribution is 1.27. The largest absolute Gasteiger partial charge is 0.0795 e. The number of benzene rings is 3. The van der Waals surface area contributed by atoms with E-state index in [2.05, 4.69) is 60.7 Å². The Morgan fingerprint density at radius 2 is 1.55 bits per heavy atom. The highest BCUT2D eigenvalue weighted by Crippen LogP contribution is 2.39. The fraction of sp³-hybridized carbons (Fsp3) is 0.100. The van der Waals surface area contributed by atoms with Crippen molar-refractivity contribution in [1.29, 1.82) is 0 Å². The van der Waals surface area contributed by atoms with Gasteiger partial charge in [0.05, 0.1) is 0 Å². The molecule has 0 fully saturated rings. The van der Waals surface area contributed by atoms with Gasteiger partial charge in [0.25, 0.3) is 0 Å². The van der Waals surface area contributed by atoms with E-state index < -0.39 is 0 Å². The van der Waals surface area contributed by atoms with Gasteiger partial charge in [-0.25, -0.2) is 0 Å². The molecule has 0 unspecified atom stereocenters. The predicted molar refractivity (Wildman–Crippen MR) is 84.9 cm³/mol. The zero-order valence-corrected chi connectivity index (χ0v) is 11.2. The van der Waals surface area contributed by atoms with Crippen molar-refractivity contribution in [2.45, 2.75) is 12.8 Å². The minimum absolute atomic E-state index is 1.08. The molecule has 0 spiro atoms. The average Bonchev–Trinajstić information content (AvgIpc) is 3.05. The maximum atomic E-state index is 2.39. The Hall–Kier alpha value is -2.34. The van der Waals surface area contributed by atoms with E-state index in [1.165, 1.54) is 44.2 Å². The van der Waals surface area contributed by atoms with E-state index in [1.54, 1.807) is 0 Å². The number of fused-ring (bicyclic) bond motifs is 5. The highest BCUT2D eigenvalue weighted by molar-refractivity contribution is 5.94. The van der Waals surface area contributed by atoms with Crippen LogP contribution in [0.5, 0.6) is 0 Å². The van der Waals surface area contributed by atoms with Gasteiger partial charge < -0.3 is 0 Å². The van der Waals surface area contributed by atoms with Gasteiger partial charge in [0.2, 0.25) is 0 Å². The molecule has 0 atom stereocenters. The predicted octanol–water partition coefficient (Wildman–Crippen LogP) is 4.98. The maximum Gasteiger partial charge on any atom is -0.00132 e. The van der Waals surface area contributed by atoms with Crippen molar-refractivity contribution >= 4 is 16.8 Å². The number of hydrogen-bond donors (Lipinski definition) is 0. The van der Waals surface area contributed by atoms with Crippen molar-refractivity contribution in [3.8, 4) is 11.1 Å². The van der Waals surface area contributed by atoms with E-state index in [9.17, 15) is 0 Å². The quantitative estimate of drug-likeness (QED) is 0.415. The summed E-state index contributed by atoms with van der Waals surface area (Å²) in [6, 6.07) is 18.3. The van der Waals surface area contributed by atoms with E-state index in [0.29, 0.717) is 0 Å². The molecule has 0 aliphatic heterocycles. The summed E-state index contributed by atoms with van der Waals surface area (Å²) in [4.78, 5) is 0. The van der Waals surface area contributed by atoms with Crippen molar-refractivity contribution in [1.82, 2.24) is 0 Å². The van der Waals surface area contributed by atoms with Crippen molar-refractivity contribution in [2.24, 2.45) is 0 Å². The molecule has 0 heterocycles. The Bertz CT molecular complexity index is 897. The van der Waals surface area contributed by atoms with Gasteiger partial charge in [-0.15, -0.1) is 0 Å². The van der Waals surface area contributed by atoms with E-state index >= 15 is 0 Å². The molecule has 0 N–H and O–H groups in total. The highest BCUT2D eigenvalue weighted by Gasteiger charge is 2.19. The molecule has 94 valence electrons. The number of rotatable bonds is 0. The Morgan fingerprint density at radius 3 is 2.55 bits per heavy atom. The first-order chi connectivity index (χ1) is 9.88. The van der Waals surface area contributed by atoms with E-state index in [4.69, 9.17) is 0 Å². The van der Waals surface area contributed by atoms with Crippen LogP contribution in [-0.4, -0.2) is 0 Å². The molecular weight excluding hydrogens is 240 g/mol. The van der Waals surface area contributed by atoms with Crippen LogP contribution in [0.25, 0.3) is 28.0 Å². The summed E-state index contributed by atoms with van der Waals surface area (Å²) in [5.74, 6) is 0. The second-order valence-corrected chi connectivity index (χ2v) is 5.85. The average molecular weight is 254 g/mol. The Kier molecular flexibility index (Phi) is 1.88. The van der Waals surface area contributed by atoms with Gasteiger partial charge >= 0.3 is 0 Å². The topological polar surface area (TPSA) is 0 Å². The summed E-state index contributed by atoms with van der Waals surface area (Å²) in [5, 5.41) is 2.75. The summed E-state index contributed by atoms with van der Waals surface area (Å²) in [7, 11) is 0. The Morgan fingerprint density at radius 1 is 0.700 bits per heavy atom. The molecule has 20 heavy (non-hydrogen) atoms. The third-order valence-electron chi connectivity index (χ3n) is 4.64. The van der Waals surface area contributed by atoms with E-state index in [-0.39, 0.29) is 0 Å². The van der Waals surface area contributed by atoms with Crippen LogP contribution in [0.3, 0.4) is 0 Å². The summed E-state index contributed by atoms with van der Waals surface area (Å²) < 4.78 is 0. The molecule has 0 amide bonds. The zero-order chi connectivity index (χ0) is 13.1. The lowest BCUT2D eigenvalue weighted by atomic mass is 9.97. The van der Waals surface area contributed by atoms with Crippen molar-refractivity contribution in [2.75, 3.05) is 0 Å². The molecule has 3 aromatic carbocycles. The molecule has 0 aromatic heterocycles. The third kappa shape index (κ3) is 1.31. The fourth-order valence-corrected chi connectivity index (χ4v) is 3.65. The van der Waals surface area contributed by atoms with E-state index in [1.807, 2.05) is 0 Å². The Balaban J connectivity index is 1.82. The van der Waals surface area contributed by atoms with Crippen LogP contribution in [0.4, 0.5) is 0 Å². The second-order valence-electron chi connectivity index (χ2n) is 5.85. The number of hydrogen-bond acceptors (Lipinski definition) is 0. The van der Waals surface area contributed by atoms with Gasteiger partial charge in [-0.2, -0.15) is 0 Å². The highest BCUT2D eigenvalue weighted by atomic mass is 14.2. The molecule has 5 rings (SSSR count). The van der Waals surface area contributed by atoms with Crippen LogP contribution in [0, 0.1) is 0 Å². The summed E-state index contributed by atoms with van der Waals surface area (Å²) in [5.41, 5.74) is 8.64. The smallest absolute Gasteiger partial charge is 0.00132 e. The lowest BCUT2D eigenvalue weighted by Crippen LogP contribution is -1.86.